The van der Waals surface area contributed by atoms with Crippen LogP contribution in [-0.2, 0) is 20.8 Å². The average molecular weight is 350 g/mol. The summed E-state index contributed by atoms with van der Waals surface area (Å²) in [6.45, 7) is 1.53. The molecule has 0 aliphatic heterocycles. The molecule has 0 aliphatic rings. The molecule has 2 aromatic rings. The van der Waals surface area contributed by atoms with Crippen LogP contribution in [0, 0.1) is 12.7 Å². The Labute approximate surface area is 144 Å². The third-order valence-corrected chi connectivity index (χ3v) is 3.70. The molecule has 0 unspecified atom stereocenters. The molecule has 0 saturated carbocycles. The van der Waals surface area contributed by atoms with Gasteiger partial charge >= 0.3 is 5.97 Å². The Morgan fingerprint density at radius 3 is 2.32 bits per heavy atom. The Morgan fingerprint density at radius 1 is 1.20 bits per heavy atom. The van der Waals surface area contributed by atoms with Gasteiger partial charge in [0.05, 0.1) is 19.3 Å². The molecule has 0 aliphatic carbocycles. The van der Waals surface area contributed by atoms with Crippen LogP contribution >= 0.6 is 0 Å². The normalized spacial score (nSPS) is 11.0. The molecule has 2 rings (SSSR count). The van der Waals surface area contributed by atoms with Crippen molar-refractivity contribution < 1.29 is 23.4 Å². The highest BCUT2D eigenvalue weighted by molar-refractivity contribution is 5.90. The summed E-state index contributed by atoms with van der Waals surface area (Å²) in [6.07, 6.45) is -0.730. The molecule has 134 valence electrons. The van der Waals surface area contributed by atoms with Gasteiger partial charge in [-0.05, 0) is 31.2 Å². The zero-order valence-electron chi connectivity index (χ0n) is 14.4. The van der Waals surface area contributed by atoms with Crippen molar-refractivity contribution in [3.05, 3.63) is 51.7 Å². The van der Waals surface area contributed by atoms with Crippen molar-refractivity contribution in [1.29, 1.82) is 0 Å². The summed E-state index contributed by atoms with van der Waals surface area (Å²) in [5, 5.41) is 0. The van der Waals surface area contributed by atoms with Crippen molar-refractivity contribution in [3.63, 3.8) is 0 Å². The molecule has 0 atom stereocenters. The van der Waals surface area contributed by atoms with E-state index in [0.717, 1.165) is 0 Å². The highest BCUT2D eigenvalue weighted by Gasteiger charge is 2.23. The number of carbonyl (C=O) groups is 1. The lowest BCUT2D eigenvalue weighted by Crippen LogP contribution is -2.35. The third-order valence-electron chi connectivity index (χ3n) is 3.70. The summed E-state index contributed by atoms with van der Waals surface area (Å²) in [7, 11) is 4.05. The number of ether oxygens (including phenoxy) is 3. The van der Waals surface area contributed by atoms with E-state index >= 15 is 0 Å². The Hall–Kier alpha value is -2.58. The van der Waals surface area contributed by atoms with Gasteiger partial charge in [-0.25, -0.2) is 14.2 Å². The monoisotopic (exact) mass is 350 g/mol. The lowest BCUT2D eigenvalue weighted by molar-refractivity contribution is -0.111. The van der Waals surface area contributed by atoms with E-state index in [4.69, 9.17) is 9.47 Å². The summed E-state index contributed by atoms with van der Waals surface area (Å²) >= 11 is 0. The fourth-order valence-electron chi connectivity index (χ4n) is 2.38. The van der Waals surface area contributed by atoms with E-state index in [1.165, 1.54) is 57.1 Å². The lowest BCUT2D eigenvalue weighted by Gasteiger charge is -2.19. The minimum Gasteiger partial charge on any atom is -0.465 e. The molecular weight excluding hydrogens is 331 g/mol. The van der Waals surface area contributed by atoms with Crippen LogP contribution in [0.3, 0.4) is 0 Å². The predicted molar refractivity (Wildman–Crippen MR) is 87.8 cm³/mol. The largest absolute Gasteiger partial charge is 0.465 e. The number of rotatable bonds is 6. The van der Waals surface area contributed by atoms with Gasteiger partial charge < -0.3 is 14.2 Å². The number of carbonyl (C=O) groups excluding carboxylic acids is 1. The summed E-state index contributed by atoms with van der Waals surface area (Å²) < 4.78 is 29.4. The van der Waals surface area contributed by atoms with Crippen LogP contribution in [0.1, 0.15) is 16.1 Å². The van der Waals surface area contributed by atoms with Crippen LogP contribution in [0.25, 0.3) is 11.4 Å². The molecule has 0 fully saturated rings. The zero-order valence-corrected chi connectivity index (χ0v) is 14.4. The molecule has 25 heavy (non-hydrogen) atoms. The van der Waals surface area contributed by atoms with E-state index in [0.29, 0.717) is 5.56 Å². The Bertz CT molecular complexity index is 813. The van der Waals surface area contributed by atoms with Crippen molar-refractivity contribution >= 4 is 5.97 Å². The van der Waals surface area contributed by atoms with Gasteiger partial charge in [-0.15, -0.1) is 0 Å². The molecular formula is C17H19FN2O5. The summed E-state index contributed by atoms with van der Waals surface area (Å²) in [5.74, 6) is -0.915. The number of esters is 1. The molecule has 0 spiro atoms. The predicted octanol–water partition coefficient (Wildman–Crippen LogP) is 1.76. The second-order valence-electron chi connectivity index (χ2n) is 5.21. The van der Waals surface area contributed by atoms with Crippen molar-refractivity contribution in [3.8, 4) is 11.4 Å². The van der Waals surface area contributed by atoms with E-state index in [1.54, 1.807) is 0 Å². The lowest BCUT2D eigenvalue weighted by atomic mass is 10.1. The number of benzene rings is 1. The first kappa shape index (κ1) is 18.8. The van der Waals surface area contributed by atoms with Gasteiger partial charge in [0.15, 0.2) is 6.29 Å². The third kappa shape index (κ3) is 3.92. The summed E-state index contributed by atoms with van der Waals surface area (Å²) in [6, 6.07) is 5.53. The Kier molecular flexibility index (Phi) is 6.00. The van der Waals surface area contributed by atoms with Crippen LogP contribution in [-0.4, -0.2) is 43.1 Å². The maximum atomic E-state index is 13.2. The first-order chi connectivity index (χ1) is 11.9. The molecule has 0 bridgehead atoms. The highest BCUT2D eigenvalue weighted by Crippen LogP contribution is 2.19. The second kappa shape index (κ2) is 8.00. The molecule has 1 aromatic carbocycles. The number of methoxy groups -OCH3 is 3. The summed E-state index contributed by atoms with van der Waals surface area (Å²) in [4.78, 5) is 29.1. The Balaban J connectivity index is 2.70. The average Bonchev–Trinajstić information content (AvgIpc) is 2.61. The second-order valence-corrected chi connectivity index (χ2v) is 5.21. The number of hydrogen-bond donors (Lipinski definition) is 0. The van der Waals surface area contributed by atoms with Crippen molar-refractivity contribution in [2.45, 2.75) is 19.8 Å². The topological polar surface area (TPSA) is 79.7 Å². The SMILES string of the molecule is COC(=O)c1c(C)nc(-c2ccc(F)cc2)n(CC(OC)OC)c1=O. The molecule has 8 heteroatoms. The van der Waals surface area contributed by atoms with Gasteiger partial charge in [0.25, 0.3) is 5.56 Å². The molecule has 0 radical (unpaired) electrons. The zero-order chi connectivity index (χ0) is 18.6. The molecule has 0 amide bonds. The van der Waals surface area contributed by atoms with Gasteiger partial charge in [0.1, 0.15) is 17.2 Å². The smallest absolute Gasteiger partial charge is 0.345 e. The molecule has 0 N–H and O–H groups in total. The number of aromatic nitrogens is 2. The van der Waals surface area contributed by atoms with Crippen LogP contribution in [0.2, 0.25) is 0 Å². The summed E-state index contributed by atoms with van der Waals surface area (Å²) in [5.41, 5.74) is -0.0140. The van der Waals surface area contributed by atoms with E-state index in [2.05, 4.69) is 9.72 Å². The van der Waals surface area contributed by atoms with E-state index < -0.39 is 23.6 Å². The van der Waals surface area contributed by atoms with Crippen LogP contribution in [0.5, 0.6) is 0 Å². The van der Waals surface area contributed by atoms with Crippen molar-refractivity contribution in [2.75, 3.05) is 21.3 Å². The standard InChI is InChI=1S/C17H19FN2O5/c1-10-14(17(22)25-4)16(21)20(9-13(23-2)24-3)15(19-10)11-5-7-12(18)8-6-11/h5-8,13H,9H2,1-4H3. The van der Waals surface area contributed by atoms with Gasteiger partial charge in [-0.3, -0.25) is 9.36 Å². The number of hydrogen-bond acceptors (Lipinski definition) is 6. The minimum atomic E-state index is -0.777. The quantitative estimate of drug-likeness (QED) is 0.583. The van der Waals surface area contributed by atoms with E-state index in [-0.39, 0.29) is 23.6 Å². The Morgan fingerprint density at radius 2 is 1.80 bits per heavy atom. The minimum absolute atomic E-state index is 0.00415. The van der Waals surface area contributed by atoms with Gasteiger partial charge in [-0.1, -0.05) is 0 Å². The molecule has 1 heterocycles. The first-order valence-electron chi connectivity index (χ1n) is 7.44. The van der Waals surface area contributed by atoms with Crippen LogP contribution < -0.4 is 5.56 Å². The number of nitrogens with zero attached hydrogens (tertiary/aromatic N) is 2. The molecule has 0 saturated heterocycles. The van der Waals surface area contributed by atoms with Gasteiger partial charge in [0.2, 0.25) is 0 Å². The van der Waals surface area contributed by atoms with Gasteiger partial charge in [0, 0.05) is 19.8 Å². The number of halogens is 1. The molecule has 1 aromatic heterocycles. The fourth-order valence-corrected chi connectivity index (χ4v) is 2.38. The first-order valence-corrected chi connectivity index (χ1v) is 7.44. The maximum absolute atomic E-state index is 13.2. The highest BCUT2D eigenvalue weighted by atomic mass is 19.1. The van der Waals surface area contributed by atoms with E-state index in [1.807, 2.05) is 0 Å². The van der Waals surface area contributed by atoms with Crippen LogP contribution in [0.15, 0.2) is 29.1 Å². The van der Waals surface area contributed by atoms with Crippen molar-refractivity contribution in [2.24, 2.45) is 0 Å². The fraction of sp³-hybridized carbons (Fsp3) is 0.353. The van der Waals surface area contributed by atoms with E-state index in [9.17, 15) is 14.0 Å². The molecule has 7 nitrogen and oxygen atoms in total. The van der Waals surface area contributed by atoms with Crippen LogP contribution in [0.4, 0.5) is 4.39 Å². The van der Waals surface area contributed by atoms with Crippen molar-refractivity contribution in [1.82, 2.24) is 9.55 Å². The maximum Gasteiger partial charge on any atom is 0.345 e. The number of aryl methyl sites for hydroxylation is 1. The van der Waals surface area contributed by atoms with Gasteiger partial charge in [-0.2, -0.15) is 0 Å².